The number of nitrogens with zero attached hydrogens (tertiary/aromatic N) is 2. The van der Waals surface area contributed by atoms with Crippen LogP contribution < -0.4 is 4.74 Å². The van der Waals surface area contributed by atoms with Gasteiger partial charge in [-0.1, -0.05) is 13.0 Å². The second-order valence-corrected chi connectivity index (χ2v) is 5.21. The van der Waals surface area contributed by atoms with Gasteiger partial charge in [0.15, 0.2) is 11.5 Å². The van der Waals surface area contributed by atoms with Crippen molar-refractivity contribution in [3.8, 4) is 17.6 Å². The van der Waals surface area contributed by atoms with E-state index in [1.165, 1.54) is 13.5 Å². The number of hydrogen-bond acceptors (Lipinski definition) is 4. The highest BCUT2D eigenvalue weighted by atomic mass is 16.5. The quantitative estimate of drug-likeness (QED) is 0.907. The van der Waals surface area contributed by atoms with E-state index in [1.807, 2.05) is 0 Å². The first kappa shape index (κ1) is 13.7. The van der Waals surface area contributed by atoms with Gasteiger partial charge >= 0.3 is 0 Å². The molecule has 1 aromatic carbocycles. The second-order valence-electron chi connectivity index (χ2n) is 5.21. The molecule has 0 radical (unpaired) electrons. The summed E-state index contributed by atoms with van der Waals surface area (Å²) in [4.78, 5) is 2.21. The second kappa shape index (κ2) is 5.94. The van der Waals surface area contributed by atoms with E-state index in [1.54, 1.807) is 18.2 Å². The van der Waals surface area contributed by atoms with Gasteiger partial charge in [-0.05, 0) is 43.0 Å². The first-order chi connectivity index (χ1) is 9.15. The van der Waals surface area contributed by atoms with Crippen LogP contribution in [0.4, 0.5) is 0 Å². The highest BCUT2D eigenvalue weighted by Gasteiger charge is 2.25. The van der Waals surface area contributed by atoms with Gasteiger partial charge in [0.1, 0.15) is 6.04 Å². The third-order valence-electron chi connectivity index (χ3n) is 3.70. The highest BCUT2D eigenvalue weighted by Crippen LogP contribution is 2.32. The molecule has 102 valence electrons. The average molecular weight is 260 g/mol. The number of likely N-dealkylation sites (tertiary alicyclic amines) is 1. The lowest BCUT2D eigenvalue weighted by molar-refractivity contribution is 0.156. The summed E-state index contributed by atoms with van der Waals surface area (Å²) in [7, 11) is 1.52. The summed E-state index contributed by atoms with van der Waals surface area (Å²) in [5.74, 6) is 1.15. The first-order valence-electron chi connectivity index (χ1n) is 6.66. The summed E-state index contributed by atoms with van der Waals surface area (Å²) in [6.07, 6.45) is 2.36. The molecule has 0 spiro atoms. The van der Waals surface area contributed by atoms with E-state index >= 15 is 0 Å². The van der Waals surface area contributed by atoms with Gasteiger partial charge in [0, 0.05) is 6.54 Å². The predicted octanol–water partition coefficient (Wildman–Crippen LogP) is 2.70. The van der Waals surface area contributed by atoms with Crippen LogP contribution in [0.15, 0.2) is 18.2 Å². The van der Waals surface area contributed by atoms with Gasteiger partial charge in [-0.15, -0.1) is 0 Å². The lowest BCUT2D eigenvalue weighted by atomic mass is 9.96. The minimum absolute atomic E-state index is 0.106. The van der Waals surface area contributed by atoms with Gasteiger partial charge < -0.3 is 9.84 Å². The topological polar surface area (TPSA) is 56.5 Å². The Hall–Kier alpha value is -1.73. The van der Waals surface area contributed by atoms with Crippen LogP contribution in [0.2, 0.25) is 0 Å². The van der Waals surface area contributed by atoms with Crippen LogP contribution in [0, 0.1) is 17.2 Å². The van der Waals surface area contributed by atoms with Gasteiger partial charge in [-0.2, -0.15) is 5.26 Å². The molecule has 4 heteroatoms. The molecular formula is C15H20N2O2. The van der Waals surface area contributed by atoms with Gasteiger partial charge in [-0.3, -0.25) is 4.90 Å². The number of piperidine rings is 1. The Kier molecular flexibility index (Phi) is 4.28. The van der Waals surface area contributed by atoms with E-state index in [9.17, 15) is 10.4 Å². The van der Waals surface area contributed by atoms with E-state index in [2.05, 4.69) is 17.9 Å². The molecule has 1 aliphatic rings. The van der Waals surface area contributed by atoms with E-state index < -0.39 is 0 Å². The fourth-order valence-electron chi connectivity index (χ4n) is 2.69. The normalized spacial score (nSPS) is 21.6. The van der Waals surface area contributed by atoms with Crippen LogP contribution in [0.5, 0.6) is 11.5 Å². The number of hydrogen-bond donors (Lipinski definition) is 1. The zero-order valence-electron chi connectivity index (χ0n) is 11.5. The standard InChI is InChI=1S/C15H20N2O2/c1-11-4-3-7-17(10-11)13(9-16)12-5-6-14(18)15(8-12)19-2/h5-6,8,11,13,18H,3-4,7,10H2,1-2H3. The van der Waals surface area contributed by atoms with E-state index in [-0.39, 0.29) is 11.8 Å². The molecule has 1 aliphatic heterocycles. The van der Waals surface area contributed by atoms with E-state index in [4.69, 9.17) is 4.74 Å². The maximum absolute atomic E-state index is 9.62. The fourth-order valence-corrected chi connectivity index (χ4v) is 2.69. The largest absolute Gasteiger partial charge is 0.504 e. The summed E-state index contributed by atoms with van der Waals surface area (Å²) in [6, 6.07) is 7.24. The molecule has 2 atom stereocenters. The molecular weight excluding hydrogens is 240 g/mol. The number of benzene rings is 1. The molecule has 4 nitrogen and oxygen atoms in total. The molecule has 2 unspecified atom stereocenters. The van der Waals surface area contributed by atoms with E-state index in [0.717, 1.165) is 25.1 Å². The molecule has 0 aromatic heterocycles. The summed E-state index contributed by atoms with van der Waals surface area (Å²) < 4.78 is 5.11. The van der Waals surface area contributed by atoms with Crippen molar-refractivity contribution in [2.45, 2.75) is 25.8 Å². The van der Waals surface area contributed by atoms with Gasteiger partial charge in [0.2, 0.25) is 0 Å². The number of aromatic hydroxyl groups is 1. The summed E-state index contributed by atoms with van der Waals surface area (Å²) in [5.41, 5.74) is 0.881. The lowest BCUT2D eigenvalue weighted by Gasteiger charge is -2.34. The van der Waals surface area contributed by atoms with Crippen molar-refractivity contribution in [2.75, 3.05) is 20.2 Å². The average Bonchev–Trinajstić information content (AvgIpc) is 2.41. The Morgan fingerprint density at radius 3 is 2.95 bits per heavy atom. The number of nitriles is 1. The lowest BCUT2D eigenvalue weighted by Crippen LogP contribution is -2.36. The van der Waals surface area contributed by atoms with Gasteiger partial charge in [0.25, 0.3) is 0 Å². The molecule has 1 fully saturated rings. The molecule has 0 bridgehead atoms. The van der Waals surface area contributed by atoms with Crippen molar-refractivity contribution < 1.29 is 9.84 Å². The van der Waals surface area contributed by atoms with Crippen LogP contribution in [0.3, 0.4) is 0 Å². The van der Waals surface area contributed by atoms with Crippen LogP contribution in [-0.4, -0.2) is 30.2 Å². The van der Waals surface area contributed by atoms with Crippen LogP contribution >= 0.6 is 0 Å². The maximum Gasteiger partial charge on any atom is 0.160 e. The molecule has 1 heterocycles. The molecule has 0 aliphatic carbocycles. The first-order valence-corrected chi connectivity index (χ1v) is 6.66. The molecule has 2 rings (SSSR count). The number of rotatable bonds is 3. The van der Waals surface area contributed by atoms with Gasteiger partial charge in [0.05, 0.1) is 13.2 Å². The van der Waals surface area contributed by atoms with Crippen molar-refractivity contribution >= 4 is 0 Å². The van der Waals surface area contributed by atoms with E-state index in [0.29, 0.717) is 11.7 Å². The Morgan fingerprint density at radius 1 is 1.53 bits per heavy atom. The minimum Gasteiger partial charge on any atom is -0.504 e. The van der Waals surface area contributed by atoms with Gasteiger partial charge in [-0.25, -0.2) is 0 Å². The van der Waals surface area contributed by atoms with Crippen molar-refractivity contribution in [3.63, 3.8) is 0 Å². The third kappa shape index (κ3) is 2.99. The molecule has 0 saturated carbocycles. The van der Waals surface area contributed by atoms with Crippen LogP contribution in [-0.2, 0) is 0 Å². The molecule has 19 heavy (non-hydrogen) atoms. The minimum atomic E-state index is -0.266. The van der Waals surface area contributed by atoms with Crippen molar-refractivity contribution in [1.82, 2.24) is 4.90 Å². The molecule has 0 amide bonds. The maximum atomic E-state index is 9.62. The smallest absolute Gasteiger partial charge is 0.160 e. The van der Waals surface area contributed by atoms with Crippen molar-refractivity contribution in [3.05, 3.63) is 23.8 Å². The Balaban J connectivity index is 2.24. The number of ether oxygens (including phenoxy) is 1. The Morgan fingerprint density at radius 2 is 2.32 bits per heavy atom. The predicted molar refractivity (Wildman–Crippen MR) is 73.0 cm³/mol. The van der Waals surface area contributed by atoms with Crippen molar-refractivity contribution in [1.29, 1.82) is 5.26 Å². The monoisotopic (exact) mass is 260 g/mol. The summed E-state index contributed by atoms with van der Waals surface area (Å²) in [6.45, 7) is 4.12. The molecule has 1 saturated heterocycles. The molecule has 1 aromatic rings. The Labute approximate surface area is 114 Å². The van der Waals surface area contributed by atoms with Crippen LogP contribution in [0.1, 0.15) is 31.4 Å². The number of phenols is 1. The number of methoxy groups -OCH3 is 1. The zero-order valence-corrected chi connectivity index (χ0v) is 11.5. The zero-order chi connectivity index (χ0) is 13.8. The SMILES string of the molecule is COc1cc(C(C#N)N2CCCC(C)C2)ccc1O. The molecule has 1 N–H and O–H groups in total. The van der Waals surface area contributed by atoms with Crippen LogP contribution in [0.25, 0.3) is 0 Å². The Bertz CT molecular complexity index is 482. The third-order valence-corrected chi connectivity index (χ3v) is 3.70. The summed E-state index contributed by atoms with van der Waals surface area (Å²) >= 11 is 0. The highest BCUT2D eigenvalue weighted by molar-refractivity contribution is 5.43. The fraction of sp³-hybridized carbons (Fsp3) is 0.533. The summed E-state index contributed by atoms with van der Waals surface area (Å²) in [5, 5.41) is 19.1. The van der Waals surface area contributed by atoms with Crippen molar-refractivity contribution in [2.24, 2.45) is 5.92 Å². The number of phenolic OH excluding ortho intramolecular Hbond substituents is 1.